The van der Waals surface area contributed by atoms with Gasteiger partial charge in [0, 0.05) is 32.8 Å². The Labute approximate surface area is 283 Å². The van der Waals surface area contributed by atoms with Crippen LogP contribution in [0.5, 0.6) is 0 Å². The van der Waals surface area contributed by atoms with Gasteiger partial charge in [-0.25, -0.2) is 0 Å². The Morgan fingerprint density at radius 3 is 1.86 bits per heavy atom. The van der Waals surface area contributed by atoms with Crippen molar-refractivity contribution in [3.8, 4) is 23.5 Å². The lowest BCUT2D eigenvalue weighted by Gasteiger charge is -2.19. The third-order valence-corrected chi connectivity index (χ3v) is 9.64. The summed E-state index contributed by atoms with van der Waals surface area (Å²) in [5, 5.41) is 24.7. The molecule has 1 aliphatic carbocycles. The highest BCUT2D eigenvalue weighted by Gasteiger charge is 2.21. The van der Waals surface area contributed by atoms with Crippen molar-refractivity contribution < 1.29 is 0 Å². The highest BCUT2D eigenvalue weighted by atomic mass is 15.0. The molecule has 0 saturated heterocycles. The third-order valence-electron chi connectivity index (χ3n) is 9.64. The molecule has 9 rings (SSSR count). The number of nitrogens with zero attached hydrogens (tertiary/aromatic N) is 4. The Hall–Kier alpha value is -6.88. The molecule has 228 valence electrons. The fourth-order valence-electron chi connectivity index (χ4n) is 7.50. The molecule has 0 atom stereocenters. The average molecular weight is 625 g/mol. The lowest BCUT2D eigenvalue weighted by molar-refractivity contribution is 1.17. The zero-order chi connectivity index (χ0) is 32.9. The molecule has 2 heterocycles. The number of allylic oxidation sites excluding steroid dienone is 6. The second-order valence-corrected chi connectivity index (χ2v) is 12.3. The molecule has 0 amide bonds. The first kappa shape index (κ1) is 28.4. The van der Waals surface area contributed by atoms with Crippen LogP contribution < -0.4 is 0 Å². The molecule has 49 heavy (non-hydrogen) atoms. The second-order valence-electron chi connectivity index (χ2n) is 12.3. The summed E-state index contributed by atoms with van der Waals surface area (Å²) in [5.41, 5.74) is 11.7. The lowest BCUT2D eigenvalue weighted by Crippen LogP contribution is -2.02. The van der Waals surface area contributed by atoms with Gasteiger partial charge >= 0.3 is 0 Å². The summed E-state index contributed by atoms with van der Waals surface area (Å²) in [6.45, 7) is 0. The van der Waals surface area contributed by atoms with Crippen molar-refractivity contribution in [3.63, 3.8) is 0 Å². The van der Waals surface area contributed by atoms with Crippen molar-refractivity contribution in [2.75, 3.05) is 0 Å². The van der Waals surface area contributed by atoms with E-state index in [9.17, 15) is 10.5 Å². The van der Waals surface area contributed by atoms with E-state index in [1.54, 1.807) is 0 Å². The Morgan fingerprint density at radius 2 is 1.18 bits per heavy atom. The standard InChI is InChI=1S/C45H28N4/c46-28-30-21-26-44(49-42-19-8-4-14-36(42)37-15-5-9-20-43(37)49)40(27-30)35-13-3-1-2-12-34(35)31-22-24-33(25-23-31)48-41-18-7-6-16-38(41)39-17-10-11-32(29-47)45(39)48/h1,3-27H,2H2. The number of hydrogen-bond acceptors (Lipinski definition) is 2. The zero-order valence-electron chi connectivity index (χ0n) is 26.5. The fraction of sp³-hybridized carbons (Fsp3) is 0.0222. The monoisotopic (exact) mass is 624 g/mol. The van der Waals surface area contributed by atoms with Crippen molar-refractivity contribution in [1.29, 1.82) is 10.5 Å². The molecule has 4 nitrogen and oxygen atoms in total. The van der Waals surface area contributed by atoms with Crippen LogP contribution in [0.15, 0.2) is 158 Å². The number of para-hydroxylation sites is 4. The normalized spacial score (nSPS) is 12.9. The van der Waals surface area contributed by atoms with Gasteiger partial charge in [0.1, 0.15) is 6.07 Å². The minimum atomic E-state index is 0.614. The molecule has 0 radical (unpaired) electrons. The summed E-state index contributed by atoms with van der Waals surface area (Å²) >= 11 is 0. The molecule has 1 aliphatic rings. The molecule has 2 aromatic heterocycles. The number of rotatable bonds is 4. The van der Waals surface area contributed by atoms with E-state index in [0.29, 0.717) is 11.1 Å². The predicted molar refractivity (Wildman–Crippen MR) is 201 cm³/mol. The molecule has 4 heteroatoms. The first-order valence-corrected chi connectivity index (χ1v) is 16.4. The van der Waals surface area contributed by atoms with E-state index < -0.39 is 0 Å². The third kappa shape index (κ3) is 4.43. The molecular formula is C45H28N4. The first-order valence-electron chi connectivity index (χ1n) is 16.4. The summed E-state index contributed by atoms with van der Waals surface area (Å²) < 4.78 is 4.52. The Morgan fingerprint density at radius 1 is 0.551 bits per heavy atom. The summed E-state index contributed by atoms with van der Waals surface area (Å²) in [6.07, 6.45) is 9.51. The highest BCUT2D eigenvalue weighted by molar-refractivity contribution is 6.13. The van der Waals surface area contributed by atoms with E-state index in [4.69, 9.17) is 0 Å². The van der Waals surface area contributed by atoms with Crippen molar-refractivity contribution in [3.05, 3.63) is 180 Å². The molecule has 0 unspecified atom stereocenters. The van der Waals surface area contributed by atoms with Gasteiger partial charge in [-0.15, -0.1) is 0 Å². The topological polar surface area (TPSA) is 57.4 Å². The summed E-state index contributed by atoms with van der Waals surface area (Å²) in [7, 11) is 0. The van der Waals surface area contributed by atoms with E-state index in [0.717, 1.165) is 72.9 Å². The van der Waals surface area contributed by atoms with Crippen LogP contribution in [0, 0.1) is 22.7 Å². The van der Waals surface area contributed by atoms with Gasteiger partial charge in [-0.1, -0.05) is 103 Å². The summed E-state index contributed by atoms with van der Waals surface area (Å²) in [5.74, 6) is 0. The number of fused-ring (bicyclic) bond motifs is 6. The minimum absolute atomic E-state index is 0.614. The maximum atomic E-state index is 10.1. The van der Waals surface area contributed by atoms with Gasteiger partial charge in [-0.05, 0) is 77.7 Å². The number of hydrogen-bond donors (Lipinski definition) is 0. The zero-order valence-corrected chi connectivity index (χ0v) is 26.5. The summed E-state index contributed by atoms with van der Waals surface area (Å²) in [4.78, 5) is 0. The molecular weight excluding hydrogens is 597 g/mol. The van der Waals surface area contributed by atoms with Crippen molar-refractivity contribution in [2.45, 2.75) is 6.42 Å². The maximum Gasteiger partial charge on any atom is 0.101 e. The smallest absolute Gasteiger partial charge is 0.101 e. The fourth-order valence-corrected chi connectivity index (χ4v) is 7.50. The van der Waals surface area contributed by atoms with Gasteiger partial charge in [0.25, 0.3) is 0 Å². The van der Waals surface area contributed by atoms with E-state index in [2.05, 4.69) is 143 Å². The van der Waals surface area contributed by atoms with E-state index in [1.165, 1.54) is 10.8 Å². The molecule has 0 spiro atoms. The minimum Gasteiger partial charge on any atom is -0.309 e. The molecule has 0 fully saturated rings. The molecule has 0 bridgehead atoms. The largest absolute Gasteiger partial charge is 0.309 e. The van der Waals surface area contributed by atoms with Crippen molar-refractivity contribution in [2.24, 2.45) is 0 Å². The quantitative estimate of drug-likeness (QED) is 0.196. The Kier molecular flexibility index (Phi) is 6.61. The molecule has 0 N–H and O–H groups in total. The van der Waals surface area contributed by atoms with Crippen LogP contribution in [0.1, 0.15) is 28.7 Å². The molecule has 0 saturated carbocycles. The van der Waals surface area contributed by atoms with Crippen LogP contribution >= 0.6 is 0 Å². The molecule has 0 aliphatic heterocycles. The van der Waals surface area contributed by atoms with Crippen LogP contribution in [-0.2, 0) is 0 Å². The Bertz CT molecular complexity index is 2750. The van der Waals surface area contributed by atoms with Crippen LogP contribution in [0.3, 0.4) is 0 Å². The van der Waals surface area contributed by atoms with Crippen molar-refractivity contribution >= 4 is 54.8 Å². The molecule has 8 aromatic rings. The highest BCUT2D eigenvalue weighted by Crippen LogP contribution is 2.41. The predicted octanol–water partition coefficient (Wildman–Crippen LogP) is 11.1. The van der Waals surface area contributed by atoms with Gasteiger partial charge < -0.3 is 9.13 Å². The van der Waals surface area contributed by atoms with E-state index in [-0.39, 0.29) is 0 Å². The lowest BCUT2D eigenvalue weighted by atomic mass is 9.89. The SMILES string of the molecule is N#Cc1ccc(-n2c3ccccc3c3ccccc32)c(C2=CC=CCC=C2c2ccc(-n3c4ccccc4c4cccc(C#N)c43)cc2)c1. The van der Waals surface area contributed by atoms with Gasteiger partial charge in [0.2, 0.25) is 0 Å². The van der Waals surface area contributed by atoms with Crippen LogP contribution in [0.25, 0.3) is 66.1 Å². The summed E-state index contributed by atoms with van der Waals surface area (Å²) in [6, 6.07) is 50.7. The van der Waals surface area contributed by atoms with Gasteiger partial charge in [0.05, 0.1) is 45.0 Å². The van der Waals surface area contributed by atoms with E-state index in [1.807, 2.05) is 36.4 Å². The van der Waals surface area contributed by atoms with Crippen LogP contribution in [0.4, 0.5) is 0 Å². The first-order chi connectivity index (χ1) is 24.2. The van der Waals surface area contributed by atoms with Crippen molar-refractivity contribution in [1.82, 2.24) is 9.13 Å². The van der Waals surface area contributed by atoms with Gasteiger partial charge in [0.15, 0.2) is 0 Å². The second kappa shape index (κ2) is 11.4. The number of benzene rings is 6. The Balaban J connectivity index is 1.22. The average Bonchev–Trinajstić information content (AvgIpc) is 3.56. The molecule has 6 aromatic carbocycles. The van der Waals surface area contributed by atoms with Crippen LogP contribution in [-0.4, -0.2) is 9.13 Å². The number of aromatic nitrogens is 2. The maximum absolute atomic E-state index is 10.1. The van der Waals surface area contributed by atoms with E-state index >= 15 is 0 Å². The van der Waals surface area contributed by atoms with Crippen LogP contribution in [0.2, 0.25) is 0 Å². The number of nitriles is 2. The van der Waals surface area contributed by atoms with Gasteiger partial charge in [-0.3, -0.25) is 0 Å². The van der Waals surface area contributed by atoms with Gasteiger partial charge in [-0.2, -0.15) is 10.5 Å².